The van der Waals surface area contributed by atoms with Crippen molar-refractivity contribution in [1.82, 2.24) is 4.98 Å². The van der Waals surface area contributed by atoms with Gasteiger partial charge in [0.2, 0.25) is 0 Å². The van der Waals surface area contributed by atoms with Crippen LogP contribution in [0, 0.1) is 6.92 Å². The lowest BCUT2D eigenvalue weighted by Crippen LogP contribution is -2.29. The first kappa shape index (κ1) is 13.6. The van der Waals surface area contributed by atoms with Gasteiger partial charge in [-0.2, -0.15) is 0 Å². The summed E-state index contributed by atoms with van der Waals surface area (Å²) < 4.78 is 0. The van der Waals surface area contributed by atoms with Gasteiger partial charge in [0.1, 0.15) is 6.04 Å². The number of nitrogens with two attached hydrogens (primary N) is 1. The molecule has 0 spiro atoms. The number of fused-ring (bicyclic) bond motifs is 1. The quantitative estimate of drug-likeness (QED) is 0.698. The first-order valence-corrected chi connectivity index (χ1v) is 6.64. The zero-order valence-electron chi connectivity index (χ0n) is 11.1. The number of para-hydroxylation sites is 1. The van der Waals surface area contributed by atoms with Crippen LogP contribution in [0.1, 0.15) is 30.5 Å². The third kappa shape index (κ3) is 3.15. The maximum Gasteiger partial charge on any atom is 0.320 e. The Kier molecular flexibility index (Phi) is 4.22. The topological polar surface area (TPSA) is 79.1 Å². The molecule has 0 bridgehead atoms. The summed E-state index contributed by atoms with van der Waals surface area (Å²) in [5.41, 5.74) is 9.19. The summed E-state index contributed by atoms with van der Waals surface area (Å²) >= 11 is 0. The van der Waals surface area contributed by atoms with Gasteiger partial charge in [-0.1, -0.05) is 24.6 Å². The average molecular weight is 260 g/mol. The Hall–Kier alpha value is -1.81. The predicted octanol–water partition coefficient (Wildman–Crippen LogP) is 2.60. The van der Waals surface area contributed by atoms with E-state index in [0.717, 1.165) is 24.8 Å². The van der Waals surface area contributed by atoms with Crippen LogP contribution in [0.4, 0.5) is 0 Å². The van der Waals surface area contributed by atoms with E-state index in [1.807, 2.05) is 12.1 Å². The Morgan fingerprint density at radius 3 is 2.84 bits per heavy atom. The van der Waals surface area contributed by atoms with E-state index in [9.17, 15) is 4.79 Å². The normalized spacial score (nSPS) is 12.7. The van der Waals surface area contributed by atoms with Gasteiger partial charge in [-0.3, -0.25) is 4.79 Å². The van der Waals surface area contributed by atoms with Crippen molar-refractivity contribution in [2.24, 2.45) is 5.73 Å². The molecule has 1 aromatic heterocycles. The van der Waals surface area contributed by atoms with E-state index in [4.69, 9.17) is 10.8 Å². The standard InChI is InChI=1S/C15H20N2O2/c1-10-11(6-2-4-8-13(16)15(18)19)12-7-3-5-9-14(12)17-10/h3,5,7,9,13,17H,2,4,6,8,16H2,1H3,(H,18,19). The van der Waals surface area contributed by atoms with Crippen LogP contribution in [-0.2, 0) is 11.2 Å². The fraction of sp³-hybridized carbons (Fsp3) is 0.400. The highest BCUT2D eigenvalue weighted by molar-refractivity contribution is 5.84. The maximum atomic E-state index is 10.6. The Morgan fingerprint density at radius 2 is 2.11 bits per heavy atom. The summed E-state index contributed by atoms with van der Waals surface area (Å²) in [6.07, 6.45) is 3.30. The summed E-state index contributed by atoms with van der Waals surface area (Å²) in [7, 11) is 0. The number of carbonyl (C=O) groups is 1. The molecule has 1 atom stereocenters. The van der Waals surface area contributed by atoms with Gasteiger partial charge in [-0.15, -0.1) is 0 Å². The van der Waals surface area contributed by atoms with Gasteiger partial charge in [-0.25, -0.2) is 0 Å². The number of carboxylic acid groups (broad SMARTS) is 1. The summed E-state index contributed by atoms with van der Waals surface area (Å²) in [5, 5.41) is 9.99. The van der Waals surface area contributed by atoms with E-state index in [1.54, 1.807) is 0 Å². The molecule has 0 fully saturated rings. The van der Waals surface area contributed by atoms with Crippen LogP contribution in [0.25, 0.3) is 10.9 Å². The molecule has 102 valence electrons. The van der Waals surface area contributed by atoms with Crippen molar-refractivity contribution >= 4 is 16.9 Å². The lowest BCUT2D eigenvalue weighted by Gasteiger charge is -2.06. The van der Waals surface area contributed by atoms with Gasteiger partial charge in [0.25, 0.3) is 0 Å². The Balaban J connectivity index is 1.95. The molecule has 19 heavy (non-hydrogen) atoms. The monoisotopic (exact) mass is 260 g/mol. The molecule has 0 aliphatic heterocycles. The molecule has 0 saturated heterocycles. The Morgan fingerprint density at radius 1 is 1.37 bits per heavy atom. The van der Waals surface area contributed by atoms with E-state index in [-0.39, 0.29) is 0 Å². The highest BCUT2D eigenvalue weighted by Gasteiger charge is 2.11. The number of nitrogens with one attached hydrogen (secondary N) is 1. The molecular formula is C15H20N2O2. The number of aromatic nitrogens is 1. The fourth-order valence-corrected chi connectivity index (χ4v) is 2.45. The van der Waals surface area contributed by atoms with E-state index in [0.29, 0.717) is 6.42 Å². The van der Waals surface area contributed by atoms with Crippen LogP contribution in [0.15, 0.2) is 24.3 Å². The van der Waals surface area contributed by atoms with Crippen molar-refractivity contribution in [2.45, 2.75) is 38.6 Å². The van der Waals surface area contributed by atoms with Crippen LogP contribution in [-0.4, -0.2) is 22.1 Å². The van der Waals surface area contributed by atoms with Gasteiger partial charge in [-0.05, 0) is 37.8 Å². The summed E-state index contributed by atoms with van der Waals surface area (Å²) in [6, 6.07) is 7.53. The molecule has 0 aliphatic carbocycles. The van der Waals surface area contributed by atoms with Gasteiger partial charge in [0.15, 0.2) is 0 Å². The number of unbranched alkanes of at least 4 members (excludes halogenated alkanes) is 1. The number of carboxylic acids is 1. The molecule has 1 aromatic carbocycles. The Labute approximate surface area is 112 Å². The number of H-pyrrole nitrogens is 1. The second-order valence-corrected chi connectivity index (χ2v) is 4.96. The third-order valence-corrected chi connectivity index (χ3v) is 3.54. The third-order valence-electron chi connectivity index (χ3n) is 3.54. The minimum absolute atomic E-state index is 0.538. The zero-order chi connectivity index (χ0) is 13.8. The van der Waals surface area contributed by atoms with E-state index in [1.165, 1.54) is 16.6 Å². The Bertz CT molecular complexity index is 575. The highest BCUT2D eigenvalue weighted by atomic mass is 16.4. The highest BCUT2D eigenvalue weighted by Crippen LogP contribution is 2.23. The summed E-state index contributed by atoms with van der Waals surface area (Å²) in [4.78, 5) is 14.0. The van der Waals surface area contributed by atoms with Gasteiger partial charge in [0, 0.05) is 16.6 Å². The van der Waals surface area contributed by atoms with Crippen molar-refractivity contribution in [3.8, 4) is 0 Å². The van der Waals surface area contributed by atoms with Crippen LogP contribution in [0.2, 0.25) is 0 Å². The van der Waals surface area contributed by atoms with Crippen LogP contribution in [0.5, 0.6) is 0 Å². The van der Waals surface area contributed by atoms with Crippen LogP contribution < -0.4 is 5.73 Å². The van der Waals surface area contributed by atoms with E-state index in [2.05, 4.69) is 24.0 Å². The number of aliphatic carboxylic acids is 1. The van der Waals surface area contributed by atoms with Gasteiger partial charge in [0.05, 0.1) is 0 Å². The number of aromatic amines is 1. The van der Waals surface area contributed by atoms with Crippen molar-refractivity contribution < 1.29 is 9.90 Å². The number of aryl methyl sites for hydroxylation is 2. The zero-order valence-corrected chi connectivity index (χ0v) is 11.1. The minimum Gasteiger partial charge on any atom is -0.480 e. The molecule has 1 unspecified atom stereocenters. The van der Waals surface area contributed by atoms with Crippen LogP contribution >= 0.6 is 0 Å². The minimum atomic E-state index is -0.914. The molecule has 1 heterocycles. The second-order valence-electron chi connectivity index (χ2n) is 4.96. The molecule has 0 amide bonds. The smallest absolute Gasteiger partial charge is 0.320 e. The summed E-state index contributed by atoms with van der Waals surface area (Å²) in [5.74, 6) is -0.914. The molecule has 4 N–H and O–H groups in total. The molecule has 2 rings (SSSR count). The second kappa shape index (κ2) is 5.89. The van der Waals surface area contributed by atoms with E-state index >= 15 is 0 Å². The number of benzene rings is 1. The lowest BCUT2D eigenvalue weighted by atomic mass is 10.0. The molecule has 0 radical (unpaired) electrons. The maximum absolute atomic E-state index is 10.6. The molecular weight excluding hydrogens is 240 g/mol. The first-order valence-electron chi connectivity index (χ1n) is 6.64. The van der Waals surface area contributed by atoms with Gasteiger partial charge >= 0.3 is 5.97 Å². The van der Waals surface area contributed by atoms with Crippen molar-refractivity contribution in [3.05, 3.63) is 35.5 Å². The number of hydrogen-bond donors (Lipinski definition) is 3. The summed E-state index contributed by atoms with van der Waals surface area (Å²) in [6.45, 7) is 2.08. The average Bonchev–Trinajstić information content (AvgIpc) is 2.70. The van der Waals surface area contributed by atoms with Crippen molar-refractivity contribution in [1.29, 1.82) is 0 Å². The number of rotatable bonds is 6. The van der Waals surface area contributed by atoms with Crippen molar-refractivity contribution in [3.63, 3.8) is 0 Å². The fourth-order valence-electron chi connectivity index (χ4n) is 2.45. The van der Waals surface area contributed by atoms with Crippen molar-refractivity contribution in [2.75, 3.05) is 0 Å². The molecule has 0 aliphatic rings. The lowest BCUT2D eigenvalue weighted by molar-refractivity contribution is -0.138. The largest absolute Gasteiger partial charge is 0.480 e. The molecule has 4 nitrogen and oxygen atoms in total. The SMILES string of the molecule is Cc1[nH]c2ccccc2c1CCCCC(N)C(=O)O. The molecule has 2 aromatic rings. The first-order chi connectivity index (χ1) is 9.09. The molecule has 0 saturated carbocycles. The number of hydrogen-bond acceptors (Lipinski definition) is 2. The van der Waals surface area contributed by atoms with E-state index < -0.39 is 12.0 Å². The van der Waals surface area contributed by atoms with Crippen LogP contribution in [0.3, 0.4) is 0 Å². The molecule has 4 heteroatoms. The van der Waals surface area contributed by atoms with Gasteiger partial charge < -0.3 is 15.8 Å². The predicted molar refractivity (Wildman–Crippen MR) is 76.2 cm³/mol.